The highest BCUT2D eigenvalue weighted by Gasteiger charge is 2.16. The van der Waals surface area contributed by atoms with Crippen LogP contribution >= 0.6 is 23.2 Å². The number of hydrogen-bond donors (Lipinski definition) is 2. The van der Waals surface area contributed by atoms with Gasteiger partial charge in [0.2, 0.25) is 10.0 Å². The smallest absolute Gasteiger partial charge is 0.255 e. The lowest BCUT2D eigenvalue weighted by Crippen LogP contribution is -2.16. The first-order valence-corrected chi connectivity index (χ1v) is 8.50. The Bertz CT molecular complexity index is 869. The van der Waals surface area contributed by atoms with Crippen LogP contribution in [0.4, 0.5) is 5.69 Å². The van der Waals surface area contributed by atoms with Crippen molar-refractivity contribution in [2.24, 2.45) is 5.14 Å². The molecule has 0 saturated carbocycles. The highest BCUT2D eigenvalue weighted by atomic mass is 35.5. The minimum Gasteiger partial charge on any atom is -0.495 e. The van der Waals surface area contributed by atoms with Gasteiger partial charge in [-0.3, -0.25) is 4.79 Å². The van der Waals surface area contributed by atoms with Crippen molar-refractivity contribution in [2.45, 2.75) is 4.90 Å². The predicted molar refractivity (Wildman–Crippen MR) is 88.8 cm³/mol. The first-order chi connectivity index (χ1) is 10.7. The molecule has 0 fully saturated rings. The number of nitrogens with one attached hydrogen (secondary N) is 1. The van der Waals surface area contributed by atoms with Crippen LogP contribution in [0.1, 0.15) is 10.4 Å². The number of halogens is 2. The van der Waals surface area contributed by atoms with E-state index in [0.717, 1.165) is 6.07 Å². The summed E-state index contributed by atoms with van der Waals surface area (Å²) in [5.74, 6) is -0.0690. The third-order valence-corrected chi connectivity index (χ3v) is 4.60. The van der Waals surface area contributed by atoms with E-state index in [1.165, 1.54) is 25.3 Å². The van der Waals surface area contributed by atoms with Gasteiger partial charge in [0.25, 0.3) is 5.91 Å². The minimum atomic E-state index is -4.03. The van der Waals surface area contributed by atoms with Gasteiger partial charge >= 0.3 is 0 Å². The lowest BCUT2D eigenvalue weighted by Gasteiger charge is -2.09. The molecule has 0 aliphatic carbocycles. The third kappa shape index (κ3) is 4.14. The number of nitrogens with two attached hydrogens (primary N) is 1. The second kappa shape index (κ2) is 6.76. The molecule has 0 spiro atoms. The third-order valence-electron chi connectivity index (χ3n) is 2.91. The number of amides is 1. The van der Waals surface area contributed by atoms with E-state index in [-0.39, 0.29) is 15.5 Å². The zero-order chi connectivity index (χ0) is 17.2. The maximum Gasteiger partial charge on any atom is 0.255 e. The summed E-state index contributed by atoms with van der Waals surface area (Å²) in [4.78, 5) is 11.9. The van der Waals surface area contributed by atoms with Crippen molar-refractivity contribution in [3.8, 4) is 5.75 Å². The summed E-state index contributed by atoms with van der Waals surface area (Å²) in [5.41, 5.74) is 0.512. The van der Waals surface area contributed by atoms with Crippen LogP contribution in [-0.4, -0.2) is 21.4 Å². The van der Waals surface area contributed by atoms with Crippen LogP contribution in [0.3, 0.4) is 0 Å². The molecule has 0 aromatic heterocycles. The van der Waals surface area contributed by atoms with Crippen molar-refractivity contribution in [3.05, 3.63) is 52.0 Å². The molecule has 0 saturated heterocycles. The van der Waals surface area contributed by atoms with E-state index in [0.29, 0.717) is 16.5 Å². The van der Waals surface area contributed by atoms with E-state index in [1.54, 1.807) is 12.1 Å². The van der Waals surface area contributed by atoms with Crippen molar-refractivity contribution in [1.82, 2.24) is 0 Å². The molecule has 0 aliphatic heterocycles. The fourth-order valence-electron chi connectivity index (χ4n) is 1.81. The van der Waals surface area contributed by atoms with Gasteiger partial charge in [0.1, 0.15) is 10.6 Å². The second-order valence-corrected chi connectivity index (χ2v) is 6.84. The molecule has 0 heterocycles. The number of carbonyl (C=O) groups is 1. The Hall–Kier alpha value is -1.80. The average Bonchev–Trinajstić information content (AvgIpc) is 2.46. The molecule has 3 N–H and O–H groups in total. The van der Waals surface area contributed by atoms with Crippen molar-refractivity contribution < 1.29 is 17.9 Å². The van der Waals surface area contributed by atoms with E-state index < -0.39 is 15.9 Å². The summed E-state index contributed by atoms with van der Waals surface area (Å²) >= 11 is 11.8. The van der Waals surface area contributed by atoms with Gasteiger partial charge in [-0.25, -0.2) is 13.6 Å². The van der Waals surface area contributed by atoms with Crippen LogP contribution in [0, 0.1) is 0 Å². The van der Waals surface area contributed by atoms with Crippen LogP contribution < -0.4 is 15.2 Å². The summed E-state index contributed by atoms with van der Waals surface area (Å²) < 4.78 is 27.9. The molecule has 0 aliphatic rings. The first-order valence-electron chi connectivity index (χ1n) is 6.19. The zero-order valence-corrected chi connectivity index (χ0v) is 14.2. The van der Waals surface area contributed by atoms with Gasteiger partial charge in [0.05, 0.1) is 17.2 Å². The zero-order valence-electron chi connectivity index (χ0n) is 11.8. The number of primary sulfonamides is 1. The van der Waals surface area contributed by atoms with Crippen molar-refractivity contribution in [3.63, 3.8) is 0 Å². The fraction of sp³-hybridized carbons (Fsp3) is 0.0714. The van der Waals surface area contributed by atoms with E-state index in [9.17, 15) is 13.2 Å². The Morgan fingerprint density at radius 1 is 1.13 bits per heavy atom. The Balaban J connectivity index is 2.30. The summed E-state index contributed by atoms with van der Waals surface area (Å²) in [6, 6.07) is 8.48. The highest BCUT2D eigenvalue weighted by molar-refractivity contribution is 7.89. The normalized spacial score (nSPS) is 11.1. The fourth-order valence-corrected chi connectivity index (χ4v) is 3.14. The monoisotopic (exact) mass is 374 g/mol. The molecule has 1 amide bonds. The molecule has 2 aromatic carbocycles. The summed E-state index contributed by atoms with van der Waals surface area (Å²) in [6.45, 7) is 0. The molecule has 0 radical (unpaired) electrons. The van der Waals surface area contributed by atoms with Gasteiger partial charge in [-0.2, -0.15) is 0 Å². The molecule has 122 valence electrons. The van der Waals surface area contributed by atoms with Gasteiger partial charge in [0.15, 0.2) is 0 Å². The summed E-state index contributed by atoms with van der Waals surface area (Å²) in [5, 5.41) is 7.91. The maximum absolute atomic E-state index is 12.2. The maximum atomic E-state index is 12.2. The number of benzene rings is 2. The van der Waals surface area contributed by atoms with Gasteiger partial charge < -0.3 is 10.1 Å². The number of ether oxygens (including phenoxy) is 1. The molecule has 0 atom stereocenters. The van der Waals surface area contributed by atoms with Gasteiger partial charge in [0, 0.05) is 11.3 Å². The summed E-state index contributed by atoms with van der Waals surface area (Å²) in [6.07, 6.45) is 0. The van der Waals surface area contributed by atoms with Gasteiger partial charge in [-0.05, 0) is 36.4 Å². The number of carbonyl (C=O) groups excluding carboxylic acids is 1. The molecule has 0 unspecified atom stereocenters. The Kier molecular flexibility index (Phi) is 5.16. The largest absolute Gasteiger partial charge is 0.495 e. The molecule has 2 aromatic rings. The molecule has 6 nitrogen and oxygen atoms in total. The van der Waals surface area contributed by atoms with Crippen LogP contribution in [0.2, 0.25) is 10.0 Å². The number of methoxy groups -OCH3 is 1. The predicted octanol–water partition coefficient (Wildman–Crippen LogP) is 2.90. The average molecular weight is 375 g/mol. The number of hydrogen-bond acceptors (Lipinski definition) is 4. The number of rotatable bonds is 4. The Morgan fingerprint density at radius 2 is 1.83 bits per heavy atom. The SMILES string of the molecule is COc1ccc(NC(=O)c2ccc(Cl)c(S(N)(=O)=O)c2)cc1Cl. The van der Waals surface area contributed by atoms with Crippen molar-refractivity contribution in [1.29, 1.82) is 0 Å². The quantitative estimate of drug-likeness (QED) is 0.859. The molecule has 0 bridgehead atoms. The second-order valence-electron chi connectivity index (χ2n) is 4.49. The standard InChI is InChI=1S/C14H12Cl2N2O4S/c1-22-12-5-3-9(7-11(12)16)18-14(19)8-2-4-10(15)13(6-8)23(17,20)21/h2-7H,1H3,(H,18,19)(H2,17,20,21). The molecule has 23 heavy (non-hydrogen) atoms. The molecular weight excluding hydrogens is 363 g/mol. The molecular formula is C14H12Cl2N2O4S. The van der Waals surface area contributed by atoms with Crippen LogP contribution in [0.5, 0.6) is 5.75 Å². The summed E-state index contributed by atoms with van der Waals surface area (Å²) in [7, 11) is -2.55. The number of anilines is 1. The van der Waals surface area contributed by atoms with Crippen molar-refractivity contribution >= 4 is 44.8 Å². The van der Waals surface area contributed by atoms with Crippen LogP contribution in [-0.2, 0) is 10.0 Å². The lowest BCUT2D eigenvalue weighted by molar-refractivity contribution is 0.102. The molecule has 2 rings (SSSR count). The first kappa shape index (κ1) is 17.6. The Morgan fingerprint density at radius 3 is 2.39 bits per heavy atom. The minimum absolute atomic E-state index is 0.0588. The van der Waals surface area contributed by atoms with Crippen LogP contribution in [0.15, 0.2) is 41.3 Å². The molecule has 9 heteroatoms. The number of sulfonamides is 1. The van der Waals surface area contributed by atoms with E-state index in [1.807, 2.05) is 0 Å². The van der Waals surface area contributed by atoms with E-state index in [4.69, 9.17) is 33.1 Å². The highest BCUT2D eigenvalue weighted by Crippen LogP contribution is 2.28. The topological polar surface area (TPSA) is 98.5 Å². The lowest BCUT2D eigenvalue weighted by atomic mass is 10.2. The van der Waals surface area contributed by atoms with Crippen molar-refractivity contribution in [2.75, 3.05) is 12.4 Å². The van der Waals surface area contributed by atoms with E-state index in [2.05, 4.69) is 5.32 Å². The van der Waals surface area contributed by atoms with Gasteiger partial charge in [-0.15, -0.1) is 0 Å². The van der Waals surface area contributed by atoms with E-state index >= 15 is 0 Å². The Labute approximate surface area is 143 Å². The van der Waals surface area contributed by atoms with Crippen LogP contribution in [0.25, 0.3) is 0 Å². The van der Waals surface area contributed by atoms with Gasteiger partial charge in [-0.1, -0.05) is 23.2 Å².